The van der Waals surface area contributed by atoms with Crippen molar-refractivity contribution in [3.63, 3.8) is 0 Å². The van der Waals surface area contributed by atoms with Crippen molar-refractivity contribution >= 4 is 15.9 Å². The predicted molar refractivity (Wildman–Crippen MR) is 79.3 cm³/mol. The maximum Gasteiger partial charge on any atom is 0.126 e. The minimum atomic E-state index is -0.109. The van der Waals surface area contributed by atoms with Gasteiger partial charge in [0.1, 0.15) is 5.82 Å². The first kappa shape index (κ1) is 15.6. The largest absolute Gasteiger partial charge is 0.315 e. The fraction of sp³-hybridized carbons (Fsp3) is 0.600. The standard InChI is InChI=1S/C15H23BrFN/c1-5-18-11(2)9-15(3,4)10-12-8-13(16)6-7-14(12)17/h6-8,11,18H,5,9-10H2,1-4H3. The summed E-state index contributed by atoms with van der Waals surface area (Å²) in [6, 6.07) is 5.62. The van der Waals surface area contributed by atoms with E-state index in [0.29, 0.717) is 6.04 Å². The number of nitrogens with one attached hydrogen (secondary N) is 1. The van der Waals surface area contributed by atoms with Crippen molar-refractivity contribution in [3.05, 3.63) is 34.1 Å². The summed E-state index contributed by atoms with van der Waals surface area (Å²) < 4.78 is 14.7. The van der Waals surface area contributed by atoms with Crippen molar-refractivity contribution in [1.29, 1.82) is 0 Å². The molecule has 1 unspecified atom stereocenters. The maximum atomic E-state index is 13.7. The molecule has 0 radical (unpaired) electrons. The molecule has 0 saturated heterocycles. The van der Waals surface area contributed by atoms with E-state index in [4.69, 9.17) is 0 Å². The minimum absolute atomic E-state index is 0.0865. The third-order valence-corrected chi connectivity index (χ3v) is 3.58. The first-order valence-electron chi connectivity index (χ1n) is 6.51. The van der Waals surface area contributed by atoms with Gasteiger partial charge in [-0.05, 0) is 55.5 Å². The van der Waals surface area contributed by atoms with Gasteiger partial charge in [-0.2, -0.15) is 0 Å². The molecular formula is C15H23BrFN. The quantitative estimate of drug-likeness (QED) is 0.812. The Kier molecular flexibility index (Phi) is 5.80. The summed E-state index contributed by atoms with van der Waals surface area (Å²) in [7, 11) is 0. The Morgan fingerprint density at radius 1 is 1.39 bits per heavy atom. The van der Waals surface area contributed by atoms with Gasteiger partial charge in [-0.15, -0.1) is 0 Å². The van der Waals surface area contributed by atoms with E-state index >= 15 is 0 Å². The highest BCUT2D eigenvalue weighted by molar-refractivity contribution is 9.10. The molecule has 0 aromatic heterocycles. The third kappa shape index (κ3) is 5.07. The van der Waals surface area contributed by atoms with Gasteiger partial charge in [0.25, 0.3) is 0 Å². The Hall–Kier alpha value is -0.410. The van der Waals surface area contributed by atoms with Gasteiger partial charge >= 0.3 is 0 Å². The fourth-order valence-corrected chi connectivity index (χ4v) is 2.92. The highest BCUT2D eigenvalue weighted by Gasteiger charge is 2.22. The lowest BCUT2D eigenvalue weighted by Crippen LogP contribution is -2.32. The molecule has 1 aromatic carbocycles. The van der Waals surface area contributed by atoms with Crippen LogP contribution in [0.3, 0.4) is 0 Å². The van der Waals surface area contributed by atoms with Crippen molar-refractivity contribution in [1.82, 2.24) is 5.32 Å². The molecule has 0 fully saturated rings. The molecule has 1 nitrogen and oxygen atoms in total. The van der Waals surface area contributed by atoms with Crippen LogP contribution in [0.5, 0.6) is 0 Å². The van der Waals surface area contributed by atoms with Crippen LogP contribution in [0.15, 0.2) is 22.7 Å². The van der Waals surface area contributed by atoms with E-state index in [9.17, 15) is 4.39 Å². The second kappa shape index (κ2) is 6.67. The van der Waals surface area contributed by atoms with E-state index in [-0.39, 0.29) is 11.2 Å². The van der Waals surface area contributed by atoms with Crippen LogP contribution >= 0.6 is 15.9 Å². The molecule has 1 aromatic rings. The number of rotatable bonds is 6. The van der Waals surface area contributed by atoms with Gasteiger partial charge in [-0.25, -0.2) is 4.39 Å². The minimum Gasteiger partial charge on any atom is -0.315 e. The van der Waals surface area contributed by atoms with Gasteiger partial charge in [-0.3, -0.25) is 0 Å². The monoisotopic (exact) mass is 315 g/mol. The number of halogens is 2. The van der Waals surface area contributed by atoms with E-state index < -0.39 is 0 Å². The lowest BCUT2D eigenvalue weighted by molar-refractivity contribution is 0.285. The lowest BCUT2D eigenvalue weighted by atomic mass is 9.80. The third-order valence-electron chi connectivity index (χ3n) is 3.09. The number of hydrogen-bond acceptors (Lipinski definition) is 1. The number of hydrogen-bond donors (Lipinski definition) is 1. The van der Waals surface area contributed by atoms with Crippen LogP contribution in [0.25, 0.3) is 0 Å². The summed E-state index contributed by atoms with van der Waals surface area (Å²) in [4.78, 5) is 0. The Balaban J connectivity index is 2.72. The zero-order valence-electron chi connectivity index (χ0n) is 11.7. The Labute approximate surface area is 118 Å². The molecule has 3 heteroatoms. The summed E-state index contributed by atoms with van der Waals surface area (Å²) >= 11 is 3.40. The van der Waals surface area contributed by atoms with E-state index in [2.05, 4.69) is 48.9 Å². The van der Waals surface area contributed by atoms with Crippen molar-refractivity contribution in [2.75, 3.05) is 6.54 Å². The molecule has 1 atom stereocenters. The van der Waals surface area contributed by atoms with Gasteiger partial charge in [-0.1, -0.05) is 36.7 Å². The normalized spacial score (nSPS) is 13.7. The van der Waals surface area contributed by atoms with E-state index in [0.717, 1.165) is 29.4 Å². The molecular weight excluding hydrogens is 293 g/mol. The molecule has 0 bridgehead atoms. The van der Waals surface area contributed by atoms with Gasteiger partial charge < -0.3 is 5.32 Å². The smallest absolute Gasteiger partial charge is 0.126 e. The SMILES string of the molecule is CCNC(C)CC(C)(C)Cc1cc(Br)ccc1F. The topological polar surface area (TPSA) is 12.0 Å². The zero-order valence-corrected chi connectivity index (χ0v) is 13.3. The molecule has 0 aliphatic rings. The Morgan fingerprint density at radius 2 is 2.06 bits per heavy atom. The molecule has 0 heterocycles. The molecule has 0 saturated carbocycles. The molecule has 0 aliphatic carbocycles. The summed E-state index contributed by atoms with van der Waals surface area (Å²) in [6.45, 7) is 9.66. The molecule has 102 valence electrons. The van der Waals surface area contributed by atoms with E-state index in [1.165, 1.54) is 6.07 Å². The summed E-state index contributed by atoms with van der Waals surface area (Å²) in [5.41, 5.74) is 0.876. The lowest BCUT2D eigenvalue weighted by Gasteiger charge is -2.29. The molecule has 0 aliphatic heterocycles. The van der Waals surface area contributed by atoms with E-state index in [1.54, 1.807) is 6.07 Å². The molecule has 0 spiro atoms. The second-order valence-electron chi connectivity index (χ2n) is 5.74. The average Bonchev–Trinajstić information content (AvgIpc) is 2.22. The first-order chi connectivity index (χ1) is 8.34. The fourth-order valence-electron chi connectivity index (χ4n) is 2.52. The van der Waals surface area contributed by atoms with Crippen molar-refractivity contribution in [2.24, 2.45) is 5.41 Å². The first-order valence-corrected chi connectivity index (χ1v) is 7.30. The van der Waals surface area contributed by atoms with Crippen LogP contribution in [-0.4, -0.2) is 12.6 Å². The summed E-state index contributed by atoms with van der Waals surface area (Å²) in [5, 5.41) is 3.41. The summed E-state index contributed by atoms with van der Waals surface area (Å²) in [5.74, 6) is -0.109. The van der Waals surface area contributed by atoms with Crippen molar-refractivity contribution in [2.45, 2.75) is 46.6 Å². The van der Waals surface area contributed by atoms with Crippen LogP contribution in [0, 0.1) is 11.2 Å². The van der Waals surface area contributed by atoms with Crippen molar-refractivity contribution < 1.29 is 4.39 Å². The van der Waals surface area contributed by atoms with Gasteiger partial charge in [0.05, 0.1) is 0 Å². The molecule has 1 rings (SSSR count). The molecule has 1 N–H and O–H groups in total. The average molecular weight is 316 g/mol. The number of benzene rings is 1. The van der Waals surface area contributed by atoms with Crippen molar-refractivity contribution in [3.8, 4) is 0 Å². The van der Waals surface area contributed by atoms with Gasteiger partial charge in [0.15, 0.2) is 0 Å². The predicted octanol–water partition coefficient (Wildman–Crippen LogP) is 4.55. The van der Waals surface area contributed by atoms with Gasteiger partial charge in [0, 0.05) is 10.5 Å². The van der Waals surface area contributed by atoms with Crippen LogP contribution < -0.4 is 5.32 Å². The van der Waals surface area contributed by atoms with Crippen LogP contribution in [0.4, 0.5) is 4.39 Å². The van der Waals surface area contributed by atoms with Gasteiger partial charge in [0.2, 0.25) is 0 Å². The maximum absolute atomic E-state index is 13.7. The Morgan fingerprint density at radius 3 is 2.67 bits per heavy atom. The van der Waals surface area contributed by atoms with Crippen LogP contribution in [0.2, 0.25) is 0 Å². The molecule has 0 amide bonds. The highest BCUT2D eigenvalue weighted by Crippen LogP contribution is 2.29. The second-order valence-corrected chi connectivity index (χ2v) is 6.66. The van der Waals surface area contributed by atoms with Crippen LogP contribution in [-0.2, 0) is 6.42 Å². The van der Waals surface area contributed by atoms with E-state index in [1.807, 2.05) is 6.07 Å². The Bertz CT molecular complexity index is 390. The molecule has 18 heavy (non-hydrogen) atoms. The summed E-state index contributed by atoms with van der Waals surface area (Å²) in [6.07, 6.45) is 1.79. The zero-order chi connectivity index (χ0) is 13.8. The highest BCUT2D eigenvalue weighted by atomic mass is 79.9. The van der Waals surface area contributed by atoms with Crippen LogP contribution in [0.1, 0.15) is 39.7 Å².